The summed E-state index contributed by atoms with van der Waals surface area (Å²) in [4.78, 5) is 34.7. The van der Waals surface area contributed by atoms with Crippen molar-refractivity contribution in [1.29, 1.82) is 0 Å². The molecule has 0 spiro atoms. The van der Waals surface area contributed by atoms with Crippen molar-refractivity contribution < 1.29 is 14.5 Å². The molecule has 3 N–H and O–H groups in total. The Morgan fingerprint density at radius 1 is 0.774 bits per heavy atom. The number of nitro benzene ring substituents is 1. The molecular weight excluding hydrogens is 396 g/mol. The number of benzene rings is 3. The lowest BCUT2D eigenvalue weighted by Gasteiger charge is -2.09. The van der Waals surface area contributed by atoms with Gasteiger partial charge in [-0.1, -0.05) is 54.6 Å². The molecule has 31 heavy (non-hydrogen) atoms. The highest BCUT2D eigenvalue weighted by Gasteiger charge is 2.12. The van der Waals surface area contributed by atoms with E-state index in [-0.39, 0.29) is 30.6 Å². The summed E-state index contributed by atoms with van der Waals surface area (Å²) in [6, 6.07) is 23.3. The maximum Gasteiger partial charge on any atom is 0.292 e. The number of rotatable bonds is 9. The molecule has 0 aliphatic carbocycles. The molecule has 0 saturated carbocycles. The summed E-state index contributed by atoms with van der Waals surface area (Å²) < 4.78 is 0. The number of para-hydroxylation sites is 2. The number of carbonyl (C=O) groups excluding carboxylic acids is 2. The van der Waals surface area contributed by atoms with Gasteiger partial charge in [0.25, 0.3) is 11.6 Å². The molecule has 3 rings (SSSR count). The molecule has 0 saturated heterocycles. The fraction of sp³-hybridized carbons (Fsp3) is 0.130. The van der Waals surface area contributed by atoms with Crippen LogP contribution in [0.5, 0.6) is 0 Å². The van der Waals surface area contributed by atoms with E-state index in [1.165, 1.54) is 6.07 Å². The standard InChI is InChI=1S/C23H22N4O4/c28-22(25-15-14-24-20-8-4-5-9-21(20)27(30)31)16-26-23(29)19-12-10-18(11-13-19)17-6-2-1-3-7-17/h1-13,24H,14-16H2,(H,25,28)(H,26,29). The maximum atomic E-state index is 12.2. The highest BCUT2D eigenvalue weighted by Crippen LogP contribution is 2.22. The van der Waals surface area contributed by atoms with Crippen LogP contribution in [0.3, 0.4) is 0 Å². The zero-order valence-electron chi connectivity index (χ0n) is 16.7. The van der Waals surface area contributed by atoms with Crippen LogP contribution in [0.2, 0.25) is 0 Å². The number of carbonyl (C=O) groups is 2. The average molecular weight is 418 g/mol. The van der Waals surface area contributed by atoms with Gasteiger partial charge < -0.3 is 16.0 Å². The smallest absolute Gasteiger partial charge is 0.292 e. The molecule has 0 aromatic heterocycles. The van der Waals surface area contributed by atoms with Crippen LogP contribution in [-0.4, -0.2) is 36.4 Å². The second kappa shape index (κ2) is 10.5. The third-order valence-electron chi connectivity index (χ3n) is 4.53. The molecule has 8 nitrogen and oxygen atoms in total. The lowest BCUT2D eigenvalue weighted by molar-refractivity contribution is -0.384. The lowest BCUT2D eigenvalue weighted by Crippen LogP contribution is -2.38. The minimum atomic E-state index is -0.469. The molecule has 0 heterocycles. The van der Waals surface area contributed by atoms with E-state index in [1.807, 2.05) is 42.5 Å². The van der Waals surface area contributed by atoms with Crippen LogP contribution in [-0.2, 0) is 4.79 Å². The van der Waals surface area contributed by atoms with Crippen LogP contribution in [0.1, 0.15) is 10.4 Å². The number of amides is 2. The maximum absolute atomic E-state index is 12.2. The summed E-state index contributed by atoms with van der Waals surface area (Å²) in [7, 11) is 0. The van der Waals surface area contributed by atoms with Gasteiger partial charge in [0.2, 0.25) is 5.91 Å². The topological polar surface area (TPSA) is 113 Å². The molecule has 0 atom stereocenters. The van der Waals surface area contributed by atoms with Gasteiger partial charge in [-0.2, -0.15) is 0 Å². The summed E-state index contributed by atoms with van der Waals surface area (Å²) in [5, 5.41) is 19.1. The average Bonchev–Trinajstić information content (AvgIpc) is 2.81. The molecule has 0 fully saturated rings. The van der Waals surface area contributed by atoms with Gasteiger partial charge in [0, 0.05) is 24.7 Å². The Labute approximate surface area is 179 Å². The Balaban J connectivity index is 1.40. The predicted molar refractivity (Wildman–Crippen MR) is 119 cm³/mol. The minimum Gasteiger partial charge on any atom is -0.378 e. The highest BCUT2D eigenvalue weighted by atomic mass is 16.6. The molecule has 0 unspecified atom stereocenters. The molecule has 0 radical (unpaired) electrons. The molecule has 0 aliphatic rings. The Hall–Kier alpha value is -4.20. The minimum absolute atomic E-state index is 0.0284. The van der Waals surface area contributed by atoms with Gasteiger partial charge in [0.1, 0.15) is 5.69 Å². The fourth-order valence-electron chi connectivity index (χ4n) is 2.95. The van der Waals surface area contributed by atoms with Crippen molar-refractivity contribution in [2.45, 2.75) is 0 Å². The summed E-state index contributed by atoms with van der Waals surface area (Å²) >= 11 is 0. The number of hydrogen-bond donors (Lipinski definition) is 3. The van der Waals surface area contributed by atoms with Crippen molar-refractivity contribution in [3.8, 4) is 11.1 Å². The van der Waals surface area contributed by atoms with Crippen molar-refractivity contribution >= 4 is 23.2 Å². The number of nitrogens with zero attached hydrogens (tertiary/aromatic N) is 1. The van der Waals surface area contributed by atoms with Gasteiger partial charge in [-0.05, 0) is 29.3 Å². The molecule has 8 heteroatoms. The van der Waals surface area contributed by atoms with Crippen LogP contribution in [0, 0.1) is 10.1 Å². The highest BCUT2D eigenvalue weighted by molar-refractivity contribution is 5.96. The first-order chi connectivity index (χ1) is 15.0. The van der Waals surface area contributed by atoms with E-state index in [4.69, 9.17) is 0 Å². The normalized spacial score (nSPS) is 10.2. The second-order valence-electron chi connectivity index (χ2n) is 6.68. The van der Waals surface area contributed by atoms with E-state index < -0.39 is 4.92 Å². The molecular formula is C23H22N4O4. The van der Waals surface area contributed by atoms with Crippen LogP contribution >= 0.6 is 0 Å². The zero-order chi connectivity index (χ0) is 22.1. The summed E-state index contributed by atoms with van der Waals surface area (Å²) in [5.74, 6) is -0.689. The van der Waals surface area contributed by atoms with Crippen molar-refractivity contribution in [1.82, 2.24) is 10.6 Å². The van der Waals surface area contributed by atoms with Gasteiger partial charge in [-0.3, -0.25) is 19.7 Å². The van der Waals surface area contributed by atoms with Crippen LogP contribution in [0.4, 0.5) is 11.4 Å². The first kappa shape index (κ1) is 21.5. The number of anilines is 1. The van der Waals surface area contributed by atoms with Gasteiger partial charge >= 0.3 is 0 Å². The Bertz CT molecular complexity index is 1050. The number of nitrogens with one attached hydrogen (secondary N) is 3. The quantitative estimate of drug-likeness (QED) is 0.281. The molecule has 3 aromatic carbocycles. The molecule has 158 valence electrons. The van der Waals surface area contributed by atoms with Gasteiger partial charge in [-0.15, -0.1) is 0 Å². The number of hydrogen-bond acceptors (Lipinski definition) is 5. The monoisotopic (exact) mass is 418 g/mol. The largest absolute Gasteiger partial charge is 0.378 e. The van der Waals surface area contributed by atoms with E-state index in [9.17, 15) is 19.7 Å². The van der Waals surface area contributed by atoms with Gasteiger partial charge in [-0.25, -0.2) is 0 Å². The van der Waals surface area contributed by atoms with Crippen molar-refractivity contribution in [2.75, 3.05) is 25.0 Å². The van der Waals surface area contributed by atoms with E-state index >= 15 is 0 Å². The van der Waals surface area contributed by atoms with Crippen molar-refractivity contribution in [2.24, 2.45) is 0 Å². The molecule has 0 bridgehead atoms. The summed E-state index contributed by atoms with van der Waals surface area (Å²) in [5.41, 5.74) is 2.88. The van der Waals surface area contributed by atoms with E-state index in [0.29, 0.717) is 17.8 Å². The van der Waals surface area contributed by atoms with Crippen LogP contribution in [0.15, 0.2) is 78.9 Å². The second-order valence-corrected chi connectivity index (χ2v) is 6.68. The van der Waals surface area contributed by atoms with E-state index in [0.717, 1.165) is 11.1 Å². The molecule has 0 aliphatic heterocycles. The molecule has 3 aromatic rings. The van der Waals surface area contributed by atoms with Gasteiger partial charge in [0.05, 0.1) is 11.5 Å². The van der Waals surface area contributed by atoms with Crippen molar-refractivity contribution in [3.05, 3.63) is 94.5 Å². The Morgan fingerprint density at radius 3 is 2.13 bits per heavy atom. The number of nitro groups is 1. The van der Waals surface area contributed by atoms with Crippen LogP contribution < -0.4 is 16.0 Å². The van der Waals surface area contributed by atoms with E-state index in [1.54, 1.807) is 30.3 Å². The summed E-state index contributed by atoms with van der Waals surface area (Å²) in [6.45, 7) is 0.406. The predicted octanol–water partition coefficient (Wildman–Crippen LogP) is 3.22. The van der Waals surface area contributed by atoms with Gasteiger partial charge in [0.15, 0.2) is 0 Å². The summed E-state index contributed by atoms with van der Waals surface area (Å²) in [6.07, 6.45) is 0. The third-order valence-corrected chi connectivity index (χ3v) is 4.53. The van der Waals surface area contributed by atoms with Crippen LogP contribution in [0.25, 0.3) is 11.1 Å². The lowest BCUT2D eigenvalue weighted by atomic mass is 10.0. The fourth-order valence-corrected chi connectivity index (χ4v) is 2.95. The van der Waals surface area contributed by atoms with E-state index in [2.05, 4.69) is 16.0 Å². The first-order valence-corrected chi connectivity index (χ1v) is 9.72. The third kappa shape index (κ3) is 6.14. The first-order valence-electron chi connectivity index (χ1n) is 9.72. The van der Waals surface area contributed by atoms with Crippen molar-refractivity contribution in [3.63, 3.8) is 0 Å². The zero-order valence-corrected chi connectivity index (χ0v) is 16.7. The Morgan fingerprint density at radius 2 is 1.42 bits per heavy atom. The molecule has 2 amide bonds. The Kier molecular flexibility index (Phi) is 7.31. The SMILES string of the molecule is O=C(CNC(=O)c1ccc(-c2ccccc2)cc1)NCCNc1ccccc1[N+](=O)[O-].